The minimum absolute atomic E-state index is 0.138. The van der Waals surface area contributed by atoms with Crippen LogP contribution in [0.1, 0.15) is 13.8 Å². The minimum Gasteiger partial charge on any atom is -0.368 e. The first kappa shape index (κ1) is 15.9. The third-order valence-electron chi connectivity index (χ3n) is 2.94. The van der Waals surface area contributed by atoms with Gasteiger partial charge in [-0.15, -0.1) is 6.58 Å². The fourth-order valence-electron chi connectivity index (χ4n) is 2.25. The maximum Gasteiger partial charge on any atom is 0.264 e. The van der Waals surface area contributed by atoms with E-state index >= 15 is 0 Å². The van der Waals surface area contributed by atoms with Crippen LogP contribution in [0, 0.1) is 0 Å². The number of rotatable bonds is 6. The van der Waals surface area contributed by atoms with Crippen LogP contribution in [0.5, 0.6) is 0 Å². The molecule has 0 bridgehead atoms. The van der Waals surface area contributed by atoms with Crippen molar-refractivity contribution in [3.05, 3.63) is 12.7 Å². The molecule has 0 aromatic heterocycles. The molecule has 0 saturated carbocycles. The van der Waals surface area contributed by atoms with Crippen LogP contribution in [0.4, 0.5) is 0 Å². The molecule has 0 radical (unpaired) electrons. The lowest BCUT2D eigenvalue weighted by Gasteiger charge is -2.25. The summed E-state index contributed by atoms with van der Waals surface area (Å²) in [6.07, 6.45) is 0.532. The van der Waals surface area contributed by atoms with Gasteiger partial charge in [0.05, 0.1) is 19.5 Å². The summed E-state index contributed by atoms with van der Waals surface area (Å²) in [7, 11) is -3.54. The maximum absolute atomic E-state index is 11.1. The normalized spacial score (nSPS) is 36.0. The third kappa shape index (κ3) is 3.78. The van der Waals surface area contributed by atoms with E-state index in [1.54, 1.807) is 19.9 Å². The Bertz CT molecular complexity index is 458. The van der Waals surface area contributed by atoms with E-state index in [0.29, 0.717) is 6.61 Å². The first-order chi connectivity index (χ1) is 9.22. The van der Waals surface area contributed by atoms with Gasteiger partial charge in [0.15, 0.2) is 12.1 Å². The lowest BCUT2D eigenvalue weighted by atomic mass is 10.1. The number of hydrogen-bond donors (Lipinski definition) is 0. The zero-order valence-electron chi connectivity index (χ0n) is 11.8. The molecule has 0 amide bonds. The van der Waals surface area contributed by atoms with Gasteiger partial charge < -0.3 is 18.9 Å². The Morgan fingerprint density at radius 1 is 1.35 bits per heavy atom. The molecule has 0 aromatic carbocycles. The monoisotopic (exact) mass is 308 g/mol. The summed E-state index contributed by atoms with van der Waals surface area (Å²) in [4.78, 5) is 0. The summed E-state index contributed by atoms with van der Waals surface area (Å²) < 4.78 is 49.5. The fourth-order valence-corrected chi connectivity index (χ4v) is 2.63. The predicted octanol–water partition coefficient (Wildman–Crippen LogP) is 0.410. The second-order valence-electron chi connectivity index (χ2n) is 5.22. The van der Waals surface area contributed by atoms with Crippen molar-refractivity contribution in [2.75, 3.05) is 19.5 Å². The number of hydrogen-bond acceptors (Lipinski definition) is 7. The number of ether oxygens (including phenoxy) is 4. The van der Waals surface area contributed by atoms with Gasteiger partial charge in [-0.1, -0.05) is 6.08 Å². The van der Waals surface area contributed by atoms with Crippen LogP contribution < -0.4 is 0 Å². The number of fused-ring (bicyclic) bond motifs is 1. The molecule has 2 saturated heterocycles. The van der Waals surface area contributed by atoms with Crippen LogP contribution in [0.2, 0.25) is 0 Å². The van der Waals surface area contributed by atoms with E-state index in [2.05, 4.69) is 6.58 Å². The molecule has 116 valence electrons. The minimum atomic E-state index is -3.54. The topological polar surface area (TPSA) is 80.3 Å². The van der Waals surface area contributed by atoms with Gasteiger partial charge in [-0.3, -0.25) is 4.18 Å². The van der Waals surface area contributed by atoms with Gasteiger partial charge in [0.25, 0.3) is 10.1 Å². The molecule has 0 spiro atoms. The summed E-state index contributed by atoms with van der Waals surface area (Å²) in [5.41, 5.74) is 0. The predicted molar refractivity (Wildman–Crippen MR) is 69.4 cm³/mol. The average Bonchev–Trinajstić information content (AvgIpc) is 2.75. The Morgan fingerprint density at radius 3 is 2.65 bits per heavy atom. The second kappa shape index (κ2) is 5.70. The summed E-state index contributed by atoms with van der Waals surface area (Å²) >= 11 is 0. The molecule has 0 unspecified atom stereocenters. The molecule has 2 fully saturated rings. The highest BCUT2D eigenvalue weighted by Crippen LogP contribution is 2.38. The summed E-state index contributed by atoms with van der Waals surface area (Å²) in [5, 5.41) is 0. The van der Waals surface area contributed by atoms with Crippen molar-refractivity contribution in [2.24, 2.45) is 0 Å². The van der Waals surface area contributed by atoms with Crippen molar-refractivity contribution < 1.29 is 31.5 Å². The van der Waals surface area contributed by atoms with Crippen LogP contribution in [-0.2, 0) is 33.2 Å². The summed E-state index contributed by atoms with van der Waals surface area (Å²) in [5.74, 6) is -0.756. The highest BCUT2D eigenvalue weighted by Gasteiger charge is 2.55. The average molecular weight is 308 g/mol. The van der Waals surface area contributed by atoms with Crippen molar-refractivity contribution in [1.29, 1.82) is 0 Å². The van der Waals surface area contributed by atoms with Gasteiger partial charge in [0.1, 0.15) is 18.3 Å². The first-order valence-electron chi connectivity index (χ1n) is 6.30. The van der Waals surface area contributed by atoms with Crippen LogP contribution in [-0.4, -0.2) is 58.3 Å². The highest BCUT2D eigenvalue weighted by molar-refractivity contribution is 7.85. The fraction of sp³-hybridized carbons (Fsp3) is 0.833. The second-order valence-corrected chi connectivity index (χ2v) is 6.86. The summed E-state index contributed by atoms with van der Waals surface area (Å²) in [6, 6.07) is 0. The van der Waals surface area contributed by atoms with Crippen LogP contribution in [0.15, 0.2) is 12.7 Å². The van der Waals surface area contributed by atoms with E-state index < -0.39 is 40.5 Å². The SMILES string of the molecule is C=CCO[C@H]1[C@H]2OC(C)(C)O[C@H]2O[C@@H]1COS(C)(=O)=O. The third-order valence-corrected chi connectivity index (χ3v) is 3.50. The van der Waals surface area contributed by atoms with E-state index in [1.807, 2.05) is 0 Å². The molecule has 2 aliphatic heterocycles. The van der Waals surface area contributed by atoms with Crippen molar-refractivity contribution in [1.82, 2.24) is 0 Å². The van der Waals surface area contributed by atoms with Crippen LogP contribution >= 0.6 is 0 Å². The van der Waals surface area contributed by atoms with Crippen molar-refractivity contribution in [3.63, 3.8) is 0 Å². The largest absolute Gasteiger partial charge is 0.368 e. The molecule has 20 heavy (non-hydrogen) atoms. The molecule has 0 aliphatic carbocycles. The van der Waals surface area contributed by atoms with E-state index in [-0.39, 0.29) is 6.61 Å². The molecule has 0 N–H and O–H groups in total. The molecular weight excluding hydrogens is 288 g/mol. The summed E-state index contributed by atoms with van der Waals surface area (Å²) in [6.45, 7) is 7.30. The molecule has 0 aromatic rings. The molecule has 8 heteroatoms. The highest BCUT2D eigenvalue weighted by atomic mass is 32.2. The Hall–Kier alpha value is -0.510. The first-order valence-corrected chi connectivity index (χ1v) is 8.11. The van der Waals surface area contributed by atoms with Gasteiger partial charge in [0, 0.05) is 0 Å². The maximum atomic E-state index is 11.1. The van der Waals surface area contributed by atoms with E-state index in [9.17, 15) is 8.42 Å². The van der Waals surface area contributed by atoms with Crippen molar-refractivity contribution >= 4 is 10.1 Å². The lowest BCUT2D eigenvalue weighted by molar-refractivity contribution is -0.220. The molecular formula is C12H20O7S. The standard InChI is InChI=1S/C12H20O7S/c1-5-6-15-9-8(7-16-20(4,13)14)17-11-10(9)18-12(2,3)19-11/h5,8-11H,1,6-7H2,2-4H3/t8-,9-,10-,11-/m1/s1. The molecule has 2 heterocycles. The van der Waals surface area contributed by atoms with Crippen LogP contribution in [0.3, 0.4) is 0 Å². The van der Waals surface area contributed by atoms with Gasteiger partial charge in [-0.05, 0) is 13.8 Å². The Balaban J connectivity index is 2.03. The van der Waals surface area contributed by atoms with Crippen LogP contribution in [0.25, 0.3) is 0 Å². The van der Waals surface area contributed by atoms with E-state index in [4.69, 9.17) is 23.1 Å². The molecule has 2 rings (SSSR count). The Labute approximate surface area is 118 Å². The van der Waals surface area contributed by atoms with E-state index in [0.717, 1.165) is 6.26 Å². The lowest BCUT2D eigenvalue weighted by Crippen LogP contribution is -2.39. The van der Waals surface area contributed by atoms with Gasteiger partial charge >= 0.3 is 0 Å². The Morgan fingerprint density at radius 2 is 2.05 bits per heavy atom. The van der Waals surface area contributed by atoms with Gasteiger partial charge in [0.2, 0.25) is 0 Å². The Kier molecular flexibility index (Phi) is 4.53. The van der Waals surface area contributed by atoms with Crippen molar-refractivity contribution in [3.8, 4) is 0 Å². The molecule has 7 nitrogen and oxygen atoms in total. The molecule has 4 atom stereocenters. The zero-order valence-corrected chi connectivity index (χ0v) is 12.6. The molecule has 2 aliphatic rings. The zero-order chi connectivity index (χ0) is 15.0. The van der Waals surface area contributed by atoms with E-state index in [1.165, 1.54) is 0 Å². The van der Waals surface area contributed by atoms with Gasteiger partial charge in [-0.25, -0.2) is 0 Å². The quantitative estimate of drug-likeness (QED) is 0.519. The smallest absolute Gasteiger partial charge is 0.264 e. The van der Waals surface area contributed by atoms with Gasteiger partial charge in [-0.2, -0.15) is 8.42 Å². The van der Waals surface area contributed by atoms with Crippen molar-refractivity contribution in [2.45, 2.75) is 44.2 Å².